The molecule has 1 aliphatic rings. The second-order valence-corrected chi connectivity index (χ2v) is 7.92. The van der Waals surface area contributed by atoms with Crippen LogP contribution in [0.15, 0.2) is 42.5 Å². The van der Waals surface area contributed by atoms with Gasteiger partial charge in [0.1, 0.15) is 5.75 Å². The van der Waals surface area contributed by atoms with Crippen LogP contribution in [0.25, 0.3) is 0 Å². The number of ether oxygens (including phenoxy) is 1. The number of piperazine rings is 1. The van der Waals surface area contributed by atoms with Crippen molar-refractivity contribution < 1.29 is 9.53 Å². The van der Waals surface area contributed by atoms with E-state index >= 15 is 0 Å². The number of anilines is 2. The van der Waals surface area contributed by atoms with Crippen molar-refractivity contribution in [3.8, 4) is 5.75 Å². The molecule has 0 aliphatic carbocycles. The van der Waals surface area contributed by atoms with Crippen molar-refractivity contribution in [2.24, 2.45) is 0 Å². The Morgan fingerprint density at radius 1 is 1.11 bits per heavy atom. The van der Waals surface area contributed by atoms with Gasteiger partial charge in [0.05, 0.1) is 10.7 Å². The Labute approximate surface area is 172 Å². The molecule has 0 saturated carbocycles. The van der Waals surface area contributed by atoms with Gasteiger partial charge in [-0.15, -0.1) is 0 Å². The number of amides is 1. The summed E-state index contributed by atoms with van der Waals surface area (Å²) in [5, 5.41) is 3.49. The minimum absolute atomic E-state index is 0.0428. The van der Waals surface area contributed by atoms with Crippen LogP contribution in [0.1, 0.15) is 25.3 Å². The second kappa shape index (κ2) is 9.30. The Hall–Kier alpha value is -2.24. The molecule has 1 N–H and O–H groups in total. The minimum Gasteiger partial charge on any atom is -0.484 e. The first-order valence-electron chi connectivity index (χ1n) is 9.68. The number of carbonyl (C=O) groups is 1. The van der Waals surface area contributed by atoms with E-state index < -0.39 is 0 Å². The molecule has 3 rings (SSSR count). The molecule has 1 amide bonds. The molecular formula is C22H28ClN3O2. The maximum atomic E-state index is 12.2. The van der Waals surface area contributed by atoms with Crippen molar-refractivity contribution in [3.63, 3.8) is 0 Å². The van der Waals surface area contributed by atoms with Crippen molar-refractivity contribution in [1.29, 1.82) is 0 Å². The first-order chi connectivity index (χ1) is 13.4. The van der Waals surface area contributed by atoms with Crippen molar-refractivity contribution in [1.82, 2.24) is 4.90 Å². The van der Waals surface area contributed by atoms with Crippen LogP contribution in [-0.4, -0.2) is 50.6 Å². The largest absolute Gasteiger partial charge is 0.484 e. The molecule has 1 fully saturated rings. The van der Waals surface area contributed by atoms with E-state index in [-0.39, 0.29) is 12.5 Å². The van der Waals surface area contributed by atoms with Crippen LogP contribution in [0.2, 0.25) is 5.02 Å². The molecule has 1 aliphatic heterocycles. The van der Waals surface area contributed by atoms with Gasteiger partial charge in [0, 0.05) is 31.9 Å². The highest BCUT2D eigenvalue weighted by Crippen LogP contribution is 2.29. The lowest BCUT2D eigenvalue weighted by molar-refractivity contribution is -0.118. The summed E-state index contributed by atoms with van der Waals surface area (Å²) in [6.45, 7) is 8.18. The van der Waals surface area contributed by atoms with Gasteiger partial charge in [-0.2, -0.15) is 0 Å². The minimum atomic E-state index is -0.212. The number of likely N-dealkylation sites (N-methyl/N-ethyl adjacent to an activating group) is 1. The summed E-state index contributed by atoms with van der Waals surface area (Å²) in [5.74, 6) is 0.940. The lowest BCUT2D eigenvalue weighted by Gasteiger charge is -2.34. The van der Waals surface area contributed by atoms with E-state index in [1.807, 2.05) is 36.4 Å². The van der Waals surface area contributed by atoms with Gasteiger partial charge in [0.25, 0.3) is 5.91 Å². The molecule has 6 heteroatoms. The van der Waals surface area contributed by atoms with Gasteiger partial charge in [-0.25, -0.2) is 0 Å². The topological polar surface area (TPSA) is 44.8 Å². The van der Waals surface area contributed by atoms with Gasteiger partial charge in [0.15, 0.2) is 6.61 Å². The van der Waals surface area contributed by atoms with Gasteiger partial charge in [-0.1, -0.05) is 37.6 Å². The molecule has 0 atom stereocenters. The van der Waals surface area contributed by atoms with Crippen LogP contribution in [0.3, 0.4) is 0 Å². The molecule has 28 heavy (non-hydrogen) atoms. The fourth-order valence-electron chi connectivity index (χ4n) is 3.18. The average molecular weight is 402 g/mol. The lowest BCUT2D eigenvalue weighted by Crippen LogP contribution is -2.44. The van der Waals surface area contributed by atoms with Crippen LogP contribution >= 0.6 is 11.6 Å². The summed E-state index contributed by atoms with van der Waals surface area (Å²) in [5.41, 5.74) is 2.92. The van der Waals surface area contributed by atoms with Crippen molar-refractivity contribution >= 4 is 28.9 Å². The molecule has 150 valence electrons. The highest BCUT2D eigenvalue weighted by Gasteiger charge is 2.17. The van der Waals surface area contributed by atoms with E-state index in [2.05, 4.69) is 36.0 Å². The quantitative estimate of drug-likeness (QED) is 0.786. The lowest BCUT2D eigenvalue weighted by atomic mass is 10.0. The number of rotatable bonds is 6. The van der Waals surface area contributed by atoms with Crippen LogP contribution in [0.5, 0.6) is 5.75 Å². The van der Waals surface area contributed by atoms with Gasteiger partial charge in [-0.05, 0) is 48.9 Å². The Balaban J connectivity index is 1.53. The third-order valence-electron chi connectivity index (χ3n) is 4.99. The normalized spacial score (nSPS) is 15.0. The van der Waals surface area contributed by atoms with Crippen LogP contribution in [0.4, 0.5) is 11.4 Å². The maximum Gasteiger partial charge on any atom is 0.262 e. The fraction of sp³-hybridized carbons (Fsp3) is 0.409. The monoisotopic (exact) mass is 401 g/mol. The zero-order chi connectivity index (χ0) is 20.1. The molecule has 0 spiro atoms. The van der Waals surface area contributed by atoms with Gasteiger partial charge < -0.3 is 19.9 Å². The standard InChI is InChI=1S/C22H28ClN3O2/c1-16(2)17-4-7-19(8-5-17)28-15-22(27)24-18-6-9-21(20(23)14-18)26-12-10-25(3)11-13-26/h4-9,14,16H,10-13,15H2,1-3H3,(H,24,27). The zero-order valence-corrected chi connectivity index (χ0v) is 17.5. The highest BCUT2D eigenvalue weighted by molar-refractivity contribution is 6.33. The molecule has 0 aromatic heterocycles. The van der Waals surface area contributed by atoms with Gasteiger partial charge in [0.2, 0.25) is 0 Å². The van der Waals surface area contributed by atoms with E-state index in [4.69, 9.17) is 16.3 Å². The number of nitrogens with one attached hydrogen (secondary N) is 1. The molecule has 0 bridgehead atoms. The van der Waals surface area contributed by atoms with Crippen molar-refractivity contribution in [2.75, 3.05) is 50.1 Å². The molecule has 1 heterocycles. The smallest absolute Gasteiger partial charge is 0.262 e. The molecule has 2 aromatic carbocycles. The summed E-state index contributed by atoms with van der Waals surface area (Å²) >= 11 is 6.46. The Bertz CT molecular complexity index is 800. The van der Waals surface area contributed by atoms with Crippen LogP contribution in [-0.2, 0) is 4.79 Å². The second-order valence-electron chi connectivity index (χ2n) is 7.52. The van der Waals surface area contributed by atoms with E-state index in [0.29, 0.717) is 22.4 Å². The van der Waals surface area contributed by atoms with Crippen molar-refractivity contribution in [2.45, 2.75) is 19.8 Å². The first-order valence-corrected chi connectivity index (χ1v) is 10.1. The SMILES string of the molecule is CC(C)c1ccc(OCC(=O)Nc2ccc(N3CCN(C)CC3)c(Cl)c2)cc1. The van der Waals surface area contributed by atoms with E-state index in [9.17, 15) is 4.79 Å². The molecule has 1 saturated heterocycles. The van der Waals surface area contributed by atoms with E-state index in [1.54, 1.807) is 6.07 Å². The molecule has 0 radical (unpaired) electrons. The Kier molecular flexibility index (Phi) is 6.81. The first kappa shape index (κ1) is 20.5. The van der Waals surface area contributed by atoms with E-state index in [0.717, 1.165) is 31.9 Å². The Morgan fingerprint density at radius 3 is 2.39 bits per heavy atom. The summed E-state index contributed by atoms with van der Waals surface area (Å²) in [7, 11) is 2.12. The summed E-state index contributed by atoms with van der Waals surface area (Å²) in [4.78, 5) is 16.8. The number of nitrogens with zero attached hydrogens (tertiary/aromatic N) is 2. The Morgan fingerprint density at radius 2 is 1.79 bits per heavy atom. The fourth-order valence-corrected chi connectivity index (χ4v) is 3.48. The van der Waals surface area contributed by atoms with Crippen LogP contribution < -0.4 is 15.0 Å². The molecule has 2 aromatic rings. The zero-order valence-electron chi connectivity index (χ0n) is 16.7. The average Bonchev–Trinajstić information content (AvgIpc) is 2.68. The molecule has 0 unspecified atom stereocenters. The molecule has 5 nitrogen and oxygen atoms in total. The third kappa shape index (κ3) is 5.40. The number of benzene rings is 2. The van der Waals surface area contributed by atoms with Crippen LogP contribution in [0, 0.1) is 0 Å². The number of carbonyl (C=O) groups excluding carboxylic acids is 1. The van der Waals surface area contributed by atoms with Crippen molar-refractivity contribution in [3.05, 3.63) is 53.1 Å². The maximum absolute atomic E-state index is 12.2. The summed E-state index contributed by atoms with van der Waals surface area (Å²) in [6, 6.07) is 13.5. The third-order valence-corrected chi connectivity index (χ3v) is 5.29. The summed E-state index contributed by atoms with van der Waals surface area (Å²) < 4.78 is 5.58. The highest BCUT2D eigenvalue weighted by atomic mass is 35.5. The van der Waals surface area contributed by atoms with Gasteiger partial charge >= 0.3 is 0 Å². The summed E-state index contributed by atoms with van der Waals surface area (Å²) in [6.07, 6.45) is 0. The predicted octanol–water partition coefficient (Wildman–Crippen LogP) is 4.23. The molecular weight excluding hydrogens is 374 g/mol. The number of hydrogen-bond acceptors (Lipinski definition) is 4. The number of halogens is 1. The van der Waals surface area contributed by atoms with E-state index in [1.165, 1.54) is 5.56 Å². The van der Waals surface area contributed by atoms with Gasteiger partial charge in [-0.3, -0.25) is 4.79 Å². The predicted molar refractivity (Wildman–Crippen MR) is 116 cm³/mol. The number of hydrogen-bond donors (Lipinski definition) is 1.